The molecule has 2 aromatic rings. The lowest BCUT2D eigenvalue weighted by atomic mass is 10.2. The molecule has 0 saturated carbocycles. The minimum absolute atomic E-state index is 0.0396. The third kappa shape index (κ3) is 2.23. The van der Waals surface area contributed by atoms with Crippen LogP contribution in [0.25, 0.3) is 5.69 Å². The molecule has 0 spiro atoms. The van der Waals surface area contributed by atoms with Crippen LogP contribution in [-0.2, 0) is 0 Å². The Morgan fingerprint density at radius 2 is 2.22 bits per heavy atom. The molecular formula is C10H6BrN3O4. The van der Waals surface area contributed by atoms with Crippen molar-refractivity contribution in [2.75, 3.05) is 0 Å². The van der Waals surface area contributed by atoms with Crippen LogP contribution in [0.15, 0.2) is 35.1 Å². The van der Waals surface area contributed by atoms with E-state index >= 15 is 0 Å². The number of carboxylic acids is 1. The Morgan fingerprint density at radius 1 is 1.50 bits per heavy atom. The third-order valence-electron chi connectivity index (χ3n) is 2.22. The predicted octanol–water partition coefficient (Wildman–Crippen LogP) is 2.24. The zero-order chi connectivity index (χ0) is 13.3. The maximum absolute atomic E-state index is 10.9. The van der Waals surface area contributed by atoms with Crippen molar-refractivity contribution in [3.63, 3.8) is 0 Å². The first-order valence-corrected chi connectivity index (χ1v) is 5.50. The van der Waals surface area contributed by atoms with Gasteiger partial charge in [0.05, 0.1) is 21.2 Å². The molecule has 1 aromatic carbocycles. The van der Waals surface area contributed by atoms with Gasteiger partial charge in [0.1, 0.15) is 5.69 Å². The zero-order valence-electron chi connectivity index (χ0n) is 8.78. The zero-order valence-corrected chi connectivity index (χ0v) is 10.4. The smallest absolute Gasteiger partial charge is 0.335 e. The van der Waals surface area contributed by atoms with Crippen LogP contribution in [-0.4, -0.2) is 25.8 Å². The first-order valence-electron chi connectivity index (χ1n) is 4.71. The summed E-state index contributed by atoms with van der Waals surface area (Å²) in [7, 11) is 0. The van der Waals surface area contributed by atoms with Gasteiger partial charge in [0.25, 0.3) is 5.69 Å². The van der Waals surface area contributed by atoms with Crippen LogP contribution in [0.4, 0.5) is 5.69 Å². The molecule has 7 nitrogen and oxygen atoms in total. The summed E-state index contributed by atoms with van der Waals surface area (Å²) < 4.78 is 1.88. The Kier molecular flexibility index (Phi) is 3.11. The van der Waals surface area contributed by atoms with Gasteiger partial charge in [-0.1, -0.05) is 0 Å². The van der Waals surface area contributed by atoms with E-state index in [0.29, 0.717) is 4.47 Å². The van der Waals surface area contributed by atoms with Crippen LogP contribution in [0.3, 0.4) is 0 Å². The molecule has 0 unspecified atom stereocenters. The molecular weight excluding hydrogens is 306 g/mol. The van der Waals surface area contributed by atoms with Crippen LogP contribution in [0.5, 0.6) is 0 Å². The third-order valence-corrected chi connectivity index (χ3v) is 2.63. The van der Waals surface area contributed by atoms with E-state index in [2.05, 4.69) is 21.0 Å². The average Bonchev–Trinajstić information content (AvgIpc) is 2.74. The second-order valence-electron chi connectivity index (χ2n) is 3.37. The first kappa shape index (κ1) is 12.2. The molecule has 0 amide bonds. The number of hydrogen-bond donors (Lipinski definition) is 1. The van der Waals surface area contributed by atoms with Gasteiger partial charge in [0.2, 0.25) is 0 Å². The minimum atomic E-state index is -1.16. The molecule has 0 aliphatic heterocycles. The van der Waals surface area contributed by atoms with Crippen molar-refractivity contribution in [2.45, 2.75) is 0 Å². The van der Waals surface area contributed by atoms with Crippen LogP contribution in [0, 0.1) is 10.1 Å². The highest BCUT2D eigenvalue weighted by Gasteiger charge is 2.18. The quantitative estimate of drug-likeness (QED) is 0.692. The first-order chi connectivity index (χ1) is 8.49. The summed E-state index contributed by atoms with van der Waals surface area (Å²) in [5.74, 6) is -1.16. The maximum atomic E-state index is 10.9. The van der Waals surface area contributed by atoms with E-state index in [4.69, 9.17) is 5.11 Å². The van der Waals surface area contributed by atoms with Crippen LogP contribution in [0.1, 0.15) is 10.4 Å². The summed E-state index contributed by atoms with van der Waals surface area (Å²) in [4.78, 5) is 21.2. The monoisotopic (exact) mass is 311 g/mol. The van der Waals surface area contributed by atoms with Crippen molar-refractivity contribution >= 4 is 27.6 Å². The Hall–Kier alpha value is -2.22. The standard InChI is InChI=1S/C10H6BrN3O4/c11-7-4-12-13(5-7)9-3-6(10(15)16)1-2-8(9)14(17)18/h1-5H,(H,15,16). The molecule has 0 aliphatic carbocycles. The molecule has 2 rings (SSSR count). The number of aromatic carboxylic acids is 1. The lowest BCUT2D eigenvalue weighted by Gasteiger charge is -2.04. The number of rotatable bonds is 3. The number of aromatic nitrogens is 2. The van der Waals surface area contributed by atoms with Crippen LogP contribution < -0.4 is 0 Å². The van der Waals surface area contributed by atoms with E-state index in [0.717, 1.165) is 6.07 Å². The number of carboxylic acid groups (broad SMARTS) is 1. The lowest BCUT2D eigenvalue weighted by molar-refractivity contribution is -0.384. The number of nitro benzene ring substituents is 1. The SMILES string of the molecule is O=C(O)c1ccc([N+](=O)[O-])c(-n2cc(Br)cn2)c1. The Morgan fingerprint density at radius 3 is 2.72 bits per heavy atom. The Labute approximate surface area is 109 Å². The second-order valence-corrected chi connectivity index (χ2v) is 4.28. The Bertz CT molecular complexity index is 638. The van der Waals surface area contributed by atoms with Gasteiger partial charge in [-0.15, -0.1) is 0 Å². The van der Waals surface area contributed by atoms with Crippen molar-refractivity contribution in [3.05, 3.63) is 50.7 Å². The number of benzene rings is 1. The normalized spacial score (nSPS) is 10.3. The van der Waals surface area contributed by atoms with Crippen molar-refractivity contribution in [3.8, 4) is 5.69 Å². The van der Waals surface area contributed by atoms with Crippen molar-refractivity contribution < 1.29 is 14.8 Å². The molecule has 0 saturated heterocycles. The van der Waals surface area contributed by atoms with Crippen molar-refractivity contribution in [1.82, 2.24) is 9.78 Å². The Balaban J connectivity index is 2.64. The summed E-state index contributed by atoms with van der Waals surface area (Å²) in [6, 6.07) is 3.54. The van der Waals surface area contributed by atoms with E-state index in [-0.39, 0.29) is 16.9 Å². The van der Waals surface area contributed by atoms with Crippen molar-refractivity contribution in [1.29, 1.82) is 0 Å². The van der Waals surface area contributed by atoms with Gasteiger partial charge in [-0.3, -0.25) is 10.1 Å². The number of nitrogens with zero attached hydrogens (tertiary/aromatic N) is 3. The maximum Gasteiger partial charge on any atom is 0.335 e. The molecule has 1 aromatic heterocycles. The molecule has 1 heterocycles. The van der Waals surface area contributed by atoms with Gasteiger partial charge < -0.3 is 5.11 Å². The lowest BCUT2D eigenvalue weighted by Crippen LogP contribution is -2.04. The molecule has 0 atom stereocenters. The number of hydrogen-bond acceptors (Lipinski definition) is 4. The minimum Gasteiger partial charge on any atom is -0.478 e. The summed E-state index contributed by atoms with van der Waals surface area (Å²) >= 11 is 3.17. The van der Waals surface area contributed by atoms with E-state index in [9.17, 15) is 14.9 Å². The van der Waals surface area contributed by atoms with Gasteiger partial charge in [-0.2, -0.15) is 5.10 Å². The predicted molar refractivity (Wildman–Crippen MR) is 64.9 cm³/mol. The fraction of sp³-hybridized carbons (Fsp3) is 0. The van der Waals surface area contributed by atoms with E-state index in [1.54, 1.807) is 0 Å². The van der Waals surface area contributed by atoms with Gasteiger partial charge in [-0.05, 0) is 28.1 Å². The molecule has 0 radical (unpaired) electrons. The molecule has 0 aliphatic rings. The highest BCUT2D eigenvalue weighted by atomic mass is 79.9. The van der Waals surface area contributed by atoms with Crippen LogP contribution >= 0.6 is 15.9 Å². The summed E-state index contributed by atoms with van der Waals surface area (Å²) in [5.41, 5.74) is -0.150. The van der Waals surface area contributed by atoms with Gasteiger partial charge >= 0.3 is 5.97 Å². The fourth-order valence-electron chi connectivity index (χ4n) is 1.43. The second kappa shape index (κ2) is 4.57. The highest BCUT2D eigenvalue weighted by molar-refractivity contribution is 9.10. The average molecular weight is 312 g/mol. The molecule has 0 bridgehead atoms. The summed E-state index contributed by atoms with van der Waals surface area (Å²) in [5, 5.41) is 23.7. The van der Waals surface area contributed by atoms with E-state index in [1.165, 1.54) is 29.2 Å². The molecule has 18 heavy (non-hydrogen) atoms. The number of halogens is 1. The summed E-state index contributed by atoms with van der Waals surface area (Å²) in [6.45, 7) is 0. The van der Waals surface area contributed by atoms with Gasteiger partial charge in [0.15, 0.2) is 0 Å². The number of carbonyl (C=O) groups is 1. The van der Waals surface area contributed by atoms with E-state index in [1.807, 2.05) is 0 Å². The largest absolute Gasteiger partial charge is 0.478 e. The molecule has 0 fully saturated rings. The fourth-order valence-corrected chi connectivity index (χ4v) is 1.71. The molecule has 8 heteroatoms. The highest BCUT2D eigenvalue weighted by Crippen LogP contribution is 2.24. The van der Waals surface area contributed by atoms with Crippen LogP contribution in [0.2, 0.25) is 0 Å². The summed E-state index contributed by atoms with van der Waals surface area (Å²) in [6.07, 6.45) is 2.96. The topological polar surface area (TPSA) is 98.3 Å². The molecule has 92 valence electrons. The van der Waals surface area contributed by atoms with E-state index < -0.39 is 10.9 Å². The van der Waals surface area contributed by atoms with Gasteiger partial charge in [0, 0.05) is 12.3 Å². The van der Waals surface area contributed by atoms with Crippen molar-refractivity contribution in [2.24, 2.45) is 0 Å². The molecule has 1 N–H and O–H groups in total. The van der Waals surface area contributed by atoms with Gasteiger partial charge in [-0.25, -0.2) is 9.48 Å². The number of nitro groups is 1.